The highest BCUT2D eigenvalue weighted by molar-refractivity contribution is 6.11. The van der Waals surface area contributed by atoms with Crippen LogP contribution < -0.4 is 10.4 Å². The van der Waals surface area contributed by atoms with Crippen molar-refractivity contribution in [1.82, 2.24) is 0 Å². The van der Waals surface area contributed by atoms with Crippen molar-refractivity contribution in [2.75, 3.05) is 7.11 Å². The summed E-state index contributed by atoms with van der Waals surface area (Å²) in [6.07, 6.45) is 6.40. The highest BCUT2D eigenvalue weighted by Crippen LogP contribution is 2.37. The second-order valence-corrected chi connectivity index (χ2v) is 6.75. The number of hydrogen-bond acceptors (Lipinski definition) is 3. The van der Waals surface area contributed by atoms with Crippen LogP contribution in [0.1, 0.15) is 24.0 Å². The molecule has 5 rings (SSSR count). The minimum atomic E-state index is -0.303. The maximum absolute atomic E-state index is 10.1. The maximum atomic E-state index is 10.1. The monoisotopic (exact) mass is 358 g/mol. The largest absolute Gasteiger partial charge is 0.496 e. The normalized spacial score (nSPS) is 12.9. The van der Waals surface area contributed by atoms with Gasteiger partial charge in [0, 0.05) is 11.5 Å². The molecule has 0 aliphatic heterocycles. The molecule has 1 aliphatic carbocycles. The SMILES string of the molecule is COc1cc2c3c(ccc2c2ccccc12)CCCC3.O=c1cccco1. The molecule has 3 heteroatoms. The maximum Gasteiger partial charge on any atom is 0.335 e. The molecule has 0 atom stereocenters. The Labute approximate surface area is 158 Å². The number of rotatable bonds is 1. The molecule has 3 nitrogen and oxygen atoms in total. The Morgan fingerprint density at radius 3 is 2.26 bits per heavy atom. The second-order valence-electron chi connectivity index (χ2n) is 6.75. The molecule has 4 aromatic rings. The number of fused-ring (bicyclic) bond motifs is 5. The predicted molar refractivity (Wildman–Crippen MR) is 110 cm³/mol. The summed E-state index contributed by atoms with van der Waals surface area (Å²) in [6, 6.07) is 20.0. The zero-order chi connectivity index (χ0) is 18.6. The van der Waals surface area contributed by atoms with Crippen molar-refractivity contribution in [3.63, 3.8) is 0 Å². The van der Waals surface area contributed by atoms with Crippen molar-refractivity contribution >= 4 is 21.5 Å². The van der Waals surface area contributed by atoms with E-state index in [1.807, 2.05) is 0 Å². The Hall–Kier alpha value is -3.07. The summed E-state index contributed by atoms with van der Waals surface area (Å²) in [5.74, 6) is 0.993. The topological polar surface area (TPSA) is 39.4 Å². The summed E-state index contributed by atoms with van der Waals surface area (Å²) in [7, 11) is 1.77. The Balaban J connectivity index is 0.000000218. The van der Waals surface area contributed by atoms with Crippen LogP contribution in [0.25, 0.3) is 21.5 Å². The van der Waals surface area contributed by atoms with Crippen molar-refractivity contribution < 1.29 is 9.15 Å². The Bertz CT molecular complexity index is 1120. The van der Waals surface area contributed by atoms with Gasteiger partial charge in [-0.15, -0.1) is 0 Å². The van der Waals surface area contributed by atoms with E-state index in [0.29, 0.717) is 0 Å². The highest BCUT2D eigenvalue weighted by Gasteiger charge is 2.15. The van der Waals surface area contributed by atoms with Crippen LogP contribution in [-0.4, -0.2) is 7.11 Å². The molecule has 0 spiro atoms. The van der Waals surface area contributed by atoms with Crippen molar-refractivity contribution in [2.45, 2.75) is 25.7 Å². The van der Waals surface area contributed by atoms with Crippen molar-refractivity contribution in [3.8, 4) is 5.75 Å². The lowest BCUT2D eigenvalue weighted by Crippen LogP contribution is -2.03. The molecule has 0 saturated heterocycles. The van der Waals surface area contributed by atoms with Crippen LogP contribution in [0.2, 0.25) is 0 Å². The lowest BCUT2D eigenvalue weighted by atomic mass is 9.86. The zero-order valence-corrected chi connectivity index (χ0v) is 15.4. The molecule has 0 saturated carbocycles. The van der Waals surface area contributed by atoms with Crippen LogP contribution in [0.4, 0.5) is 0 Å². The van der Waals surface area contributed by atoms with Gasteiger partial charge in [0.1, 0.15) is 5.75 Å². The molecule has 0 amide bonds. The standard InChI is InChI=1S/C19H18O.C5H4O2/c1-20-19-12-18-14-7-3-2-6-13(14)10-11-16(18)15-8-4-5-9-17(15)19;6-5-3-1-2-4-7-5/h4-5,8-12H,2-3,6-7H2,1H3;1-4H. The van der Waals surface area contributed by atoms with Gasteiger partial charge in [-0.25, -0.2) is 4.79 Å². The molecule has 3 aromatic carbocycles. The average molecular weight is 358 g/mol. The first-order valence-corrected chi connectivity index (χ1v) is 9.32. The highest BCUT2D eigenvalue weighted by atomic mass is 16.5. The smallest absolute Gasteiger partial charge is 0.335 e. The summed E-state index contributed by atoms with van der Waals surface area (Å²) >= 11 is 0. The fourth-order valence-electron chi connectivity index (χ4n) is 3.89. The third-order valence-electron chi connectivity index (χ3n) is 5.16. The van der Waals surface area contributed by atoms with Gasteiger partial charge in [-0.2, -0.15) is 0 Å². The van der Waals surface area contributed by atoms with Crippen LogP contribution in [0.5, 0.6) is 5.75 Å². The van der Waals surface area contributed by atoms with E-state index in [0.717, 1.165) is 5.75 Å². The van der Waals surface area contributed by atoms with E-state index in [1.165, 1.54) is 70.7 Å². The lowest BCUT2D eigenvalue weighted by Gasteiger charge is -2.19. The molecule has 1 aliphatic rings. The summed E-state index contributed by atoms with van der Waals surface area (Å²) in [5, 5.41) is 5.26. The molecule has 0 N–H and O–H groups in total. The minimum absolute atomic E-state index is 0.303. The van der Waals surface area contributed by atoms with E-state index in [2.05, 4.69) is 46.9 Å². The molecule has 136 valence electrons. The first kappa shape index (κ1) is 17.3. The number of benzene rings is 3. The number of hydrogen-bond donors (Lipinski definition) is 0. The Morgan fingerprint density at radius 1 is 0.815 bits per heavy atom. The van der Waals surface area contributed by atoms with E-state index in [1.54, 1.807) is 19.2 Å². The first-order valence-electron chi connectivity index (χ1n) is 9.32. The first-order chi connectivity index (χ1) is 13.3. The number of aryl methyl sites for hydroxylation is 2. The summed E-state index contributed by atoms with van der Waals surface area (Å²) in [4.78, 5) is 10.1. The van der Waals surface area contributed by atoms with E-state index in [-0.39, 0.29) is 5.63 Å². The summed E-state index contributed by atoms with van der Waals surface area (Å²) < 4.78 is 10.00. The van der Waals surface area contributed by atoms with E-state index in [9.17, 15) is 4.79 Å². The molecule has 1 aromatic heterocycles. The van der Waals surface area contributed by atoms with Gasteiger partial charge in [0.15, 0.2) is 0 Å². The predicted octanol–water partition coefficient (Wildman–Crippen LogP) is 5.52. The van der Waals surface area contributed by atoms with Gasteiger partial charge in [0.25, 0.3) is 0 Å². The number of methoxy groups -OCH3 is 1. The van der Waals surface area contributed by atoms with Gasteiger partial charge in [-0.3, -0.25) is 0 Å². The van der Waals surface area contributed by atoms with Crippen LogP contribution in [0.15, 0.2) is 76.1 Å². The second kappa shape index (κ2) is 7.67. The molecule has 1 heterocycles. The van der Waals surface area contributed by atoms with Crippen LogP contribution in [0.3, 0.4) is 0 Å². The average Bonchev–Trinajstić information content (AvgIpc) is 2.74. The fraction of sp³-hybridized carbons (Fsp3) is 0.208. The van der Waals surface area contributed by atoms with Crippen LogP contribution in [0, 0.1) is 0 Å². The van der Waals surface area contributed by atoms with Gasteiger partial charge < -0.3 is 9.15 Å². The summed E-state index contributed by atoms with van der Waals surface area (Å²) in [5.41, 5.74) is 2.77. The molecular formula is C24H22O3. The zero-order valence-electron chi connectivity index (χ0n) is 15.4. The summed E-state index contributed by atoms with van der Waals surface area (Å²) in [6.45, 7) is 0. The van der Waals surface area contributed by atoms with Gasteiger partial charge in [0.05, 0.1) is 13.4 Å². The molecule has 27 heavy (non-hydrogen) atoms. The van der Waals surface area contributed by atoms with E-state index < -0.39 is 0 Å². The molecule has 0 bridgehead atoms. The molecule has 0 radical (unpaired) electrons. The van der Waals surface area contributed by atoms with Crippen molar-refractivity contribution in [3.05, 3.63) is 88.5 Å². The third-order valence-corrected chi connectivity index (χ3v) is 5.16. The molecule has 0 unspecified atom stereocenters. The minimum Gasteiger partial charge on any atom is -0.496 e. The van der Waals surface area contributed by atoms with Crippen LogP contribution >= 0.6 is 0 Å². The molecular weight excluding hydrogens is 336 g/mol. The van der Waals surface area contributed by atoms with Gasteiger partial charge in [0.2, 0.25) is 0 Å². The van der Waals surface area contributed by atoms with Gasteiger partial charge in [-0.05, 0) is 65.1 Å². The Morgan fingerprint density at radius 2 is 1.56 bits per heavy atom. The number of ether oxygens (including phenoxy) is 1. The lowest BCUT2D eigenvalue weighted by molar-refractivity contribution is 0.420. The van der Waals surface area contributed by atoms with E-state index >= 15 is 0 Å². The third kappa shape index (κ3) is 3.45. The van der Waals surface area contributed by atoms with Crippen LogP contribution in [-0.2, 0) is 12.8 Å². The fourth-order valence-corrected chi connectivity index (χ4v) is 3.89. The van der Waals surface area contributed by atoms with Gasteiger partial charge in [-0.1, -0.05) is 42.5 Å². The van der Waals surface area contributed by atoms with Crippen molar-refractivity contribution in [2.24, 2.45) is 0 Å². The van der Waals surface area contributed by atoms with Gasteiger partial charge >= 0.3 is 5.63 Å². The Kier molecular flexibility index (Phi) is 4.93. The molecule has 0 fully saturated rings. The quantitative estimate of drug-likeness (QED) is 0.421. The van der Waals surface area contributed by atoms with E-state index in [4.69, 9.17) is 4.74 Å². The van der Waals surface area contributed by atoms with Crippen molar-refractivity contribution in [1.29, 1.82) is 0 Å².